The standard InChI is InChI=1S/C15H15Br2NO/c1-10-3-5-12(6-4-10)18(2)9-11-7-13(16)15(19)14(17)8-11/h3-8,19H,9H2,1-2H3. The zero-order valence-electron chi connectivity index (χ0n) is 10.8. The fourth-order valence-corrected chi connectivity index (χ4v) is 3.15. The Morgan fingerprint density at radius 1 is 1.05 bits per heavy atom. The lowest BCUT2D eigenvalue weighted by molar-refractivity contribution is 0.468. The van der Waals surface area contributed by atoms with Crippen LogP contribution in [0.1, 0.15) is 11.1 Å². The highest BCUT2D eigenvalue weighted by Crippen LogP contribution is 2.33. The van der Waals surface area contributed by atoms with Gasteiger partial charge in [0.25, 0.3) is 0 Å². The van der Waals surface area contributed by atoms with Crippen molar-refractivity contribution in [2.45, 2.75) is 13.5 Å². The lowest BCUT2D eigenvalue weighted by atomic mass is 10.2. The van der Waals surface area contributed by atoms with Crippen LogP contribution in [0.2, 0.25) is 0 Å². The van der Waals surface area contributed by atoms with E-state index in [0.717, 1.165) is 12.1 Å². The largest absolute Gasteiger partial charge is 0.506 e. The lowest BCUT2D eigenvalue weighted by Crippen LogP contribution is -2.16. The van der Waals surface area contributed by atoms with Crippen LogP contribution in [0.5, 0.6) is 5.75 Å². The molecule has 0 aliphatic rings. The first kappa shape index (κ1) is 14.4. The van der Waals surface area contributed by atoms with Crippen LogP contribution < -0.4 is 4.90 Å². The van der Waals surface area contributed by atoms with Gasteiger partial charge in [0, 0.05) is 19.3 Å². The van der Waals surface area contributed by atoms with Gasteiger partial charge < -0.3 is 10.0 Å². The molecular weight excluding hydrogens is 370 g/mol. The van der Waals surface area contributed by atoms with E-state index in [-0.39, 0.29) is 5.75 Å². The van der Waals surface area contributed by atoms with Gasteiger partial charge in [0.15, 0.2) is 0 Å². The minimum absolute atomic E-state index is 0.238. The van der Waals surface area contributed by atoms with E-state index in [1.165, 1.54) is 11.3 Å². The molecule has 0 spiro atoms. The molecule has 19 heavy (non-hydrogen) atoms. The van der Waals surface area contributed by atoms with Gasteiger partial charge in [-0.2, -0.15) is 0 Å². The molecule has 0 aliphatic carbocycles. The minimum atomic E-state index is 0.238. The van der Waals surface area contributed by atoms with Crippen molar-refractivity contribution in [1.29, 1.82) is 0 Å². The zero-order chi connectivity index (χ0) is 14.0. The number of hydrogen-bond acceptors (Lipinski definition) is 2. The van der Waals surface area contributed by atoms with Gasteiger partial charge in [-0.05, 0) is 68.6 Å². The molecule has 0 fully saturated rings. The van der Waals surface area contributed by atoms with Gasteiger partial charge in [-0.3, -0.25) is 0 Å². The second-order valence-corrected chi connectivity index (χ2v) is 6.31. The van der Waals surface area contributed by atoms with Crippen molar-refractivity contribution in [2.75, 3.05) is 11.9 Å². The molecule has 0 bridgehead atoms. The average Bonchev–Trinajstić information content (AvgIpc) is 2.36. The Labute approximate surface area is 130 Å². The van der Waals surface area contributed by atoms with Crippen LogP contribution in [-0.2, 0) is 6.54 Å². The summed E-state index contributed by atoms with van der Waals surface area (Å²) in [6, 6.07) is 12.3. The van der Waals surface area contributed by atoms with Gasteiger partial charge >= 0.3 is 0 Å². The Morgan fingerprint density at radius 3 is 2.11 bits per heavy atom. The summed E-state index contributed by atoms with van der Waals surface area (Å²) in [4.78, 5) is 2.17. The molecule has 0 saturated carbocycles. The second-order valence-electron chi connectivity index (χ2n) is 4.60. The summed E-state index contributed by atoms with van der Waals surface area (Å²) < 4.78 is 1.41. The molecule has 0 heterocycles. The summed E-state index contributed by atoms with van der Waals surface area (Å²) in [5, 5.41) is 9.71. The number of nitrogens with zero attached hydrogens (tertiary/aromatic N) is 1. The van der Waals surface area contributed by atoms with E-state index in [1.54, 1.807) is 0 Å². The lowest BCUT2D eigenvalue weighted by Gasteiger charge is -2.20. The maximum Gasteiger partial charge on any atom is 0.143 e. The normalized spacial score (nSPS) is 10.5. The fourth-order valence-electron chi connectivity index (χ4n) is 1.87. The zero-order valence-corrected chi connectivity index (χ0v) is 14.0. The molecule has 0 saturated heterocycles. The highest BCUT2D eigenvalue weighted by atomic mass is 79.9. The average molecular weight is 385 g/mol. The predicted molar refractivity (Wildman–Crippen MR) is 86.8 cm³/mol. The number of halogens is 2. The van der Waals surface area contributed by atoms with Gasteiger partial charge in [0.05, 0.1) is 8.95 Å². The third-order valence-electron chi connectivity index (χ3n) is 2.97. The van der Waals surface area contributed by atoms with Crippen LogP contribution in [0.3, 0.4) is 0 Å². The molecule has 1 N–H and O–H groups in total. The number of phenolic OH excluding ortho intramolecular Hbond substituents is 1. The Morgan fingerprint density at radius 2 is 1.58 bits per heavy atom. The quantitative estimate of drug-likeness (QED) is 0.816. The number of aryl methyl sites for hydroxylation is 1. The number of benzene rings is 2. The molecule has 0 unspecified atom stereocenters. The van der Waals surface area contributed by atoms with Crippen molar-refractivity contribution in [3.8, 4) is 5.75 Å². The van der Waals surface area contributed by atoms with Crippen molar-refractivity contribution in [3.05, 3.63) is 56.5 Å². The summed E-state index contributed by atoms with van der Waals surface area (Å²) >= 11 is 6.71. The molecule has 100 valence electrons. The molecule has 2 nitrogen and oxygen atoms in total. The molecule has 0 aromatic heterocycles. The second kappa shape index (κ2) is 5.97. The van der Waals surface area contributed by atoms with E-state index in [2.05, 4.69) is 75.0 Å². The number of anilines is 1. The van der Waals surface area contributed by atoms with Crippen LogP contribution >= 0.6 is 31.9 Å². The molecule has 4 heteroatoms. The summed E-state index contributed by atoms with van der Waals surface area (Å²) in [6.07, 6.45) is 0. The molecule has 0 atom stereocenters. The maximum atomic E-state index is 9.71. The van der Waals surface area contributed by atoms with Crippen molar-refractivity contribution in [3.63, 3.8) is 0 Å². The van der Waals surface area contributed by atoms with Crippen molar-refractivity contribution in [1.82, 2.24) is 0 Å². The number of aromatic hydroxyl groups is 1. The first-order valence-electron chi connectivity index (χ1n) is 5.92. The SMILES string of the molecule is Cc1ccc(N(C)Cc2cc(Br)c(O)c(Br)c2)cc1. The summed E-state index contributed by atoms with van der Waals surface area (Å²) in [5.74, 6) is 0.238. The first-order valence-corrected chi connectivity index (χ1v) is 7.50. The topological polar surface area (TPSA) is 23.5 Å². The van der Waals surface area contributed by atoms with Crippen molar-refractivity contribution in [2.24, 2.45) is 0 Å². The van der Waals surface area contributed by atoms with Crippen LogP contribution in [0.25, 0.3) is 0 Å². The molecule has 2 aromatic carbocycles. The molecule has 0 aliphatic heterocycles. The molecule has 2 aromatic rings. The molecule has 0 radical (unpaired) electrons. The van der Waals surface area contributed by atoms with E-state index in [9.17, 15) is 5.11 Å². The van der Waals surface area contributed by atoms with Crippen LogP contribution in [-0.4, -0.2) is 12.2 Å². The van der Waals surface area contributed by atoms with E-state index >= 15 is 0 Å². The first-order chi connectivity index (χ1) is 8.97. The predicted octanol–water partition coefficient (Wildman–Crippen LogP) is 4.86. The number of rotatable bonds is 3. The van der Waals surface area contributed by atoms with Gasteiger partial charge in [0.2, 0.25) is 0 Å². The van der Waals surface area contributed by atoms with E-state index in [0.29, 0.717) is 8.95 Å². The van der Waals surface area contributed by atoms with Crippen LogP contribution in [0.15, 0.2) is 45.3 Å². The monoisotopic (exact) mass is 383 g/mol. The Kier molecular flexibility index (Phi) is 4.53. The van der Waals surface area contributed by atoms with E-state index < -0.39 is 0 Å². The fraction of sp³-hybridized carbons (Fsp3) is 0.200. The molecule has 2 rings (SSSR count). The highest BCUT2D eigenvalue weighted by molar-refractivity contribution is 9.11. The third kappa shape index (κ3) is 3.51. The Hall–Kier alpha value is -1.000. The van der Waals surface area contributed by atoms with E-state index in [4.69, 9.17) is 0 Å². The Balaban J connectivity index is 2.19. The summed E-state index contributed by atoms with van der Waals surface area (Å²) in [7, 11) is 2.05. The Bertz CT molecular complexity index is 558. The van der Waals surface area contributed by atoms with Gasteiger partial charge in [-0.25, -0.2) is 0 Å². The summed E-state index contributed by atoms with van der Waals surface area (Å²) in [5.41, 5.74) is 3.55. The van der Waals surface area contributed by atoms with Gasteiger partial charge in [-0.15, -0.1) is 0 Å². The number of phenols is 1. The number of hydrogen-bond donors (Lipinski definition) is 1. The van der Waals surface area contributed by atoms with Crippen LogP contribution in [0.4, 0.5) is 5.69 Å². The van der Waals surface area contributed by atoms with E-state index in [1.807, 2.05) is 12.1 Å². The maximum absolute atomic E-state index is 9.71. The minimum Gasteiger partial charge on any atom is -0.506 e. The van der Waals surface area contributed by atoms with Gasteiger partial charge in [0.1, 0.15) is 5.75 Å². The van der Waals surface area contributed by atoms with Crippen molar-refractivity contribution >= 4 is 37.5 Å². The highest BCUT2D eigenvalue weighted by Gasteiger charge is 2.08. The van der Waals surface area contributed by atoms with Gasteiger partial charge in [-0.1, -0.05) is 17.7 Å². The third-order valence-corrected chi connectivity index (χ3v) is 4.18. The summed E-state index contributed by atoms with van der Waals surface area (Å²) in [6.45, 7) is 2.86. The molecule has 0 amide bonds. The van der Waals surface area contributed by atoms with Crippen molar-refractivity contribution < 1.29 is 5.11 Å². The molecular formula is C15H15Br2NO. The van der Waals surface area contributed by atoms with Crippen LogP contribution in [0, 0.1) is 6.92 Å². The smallest absolute Gasteiger partial charge is 0.143 e.